The minimum Gasteiger partial charge on any atom is -0.478 e. The normalized spacial score (nSPS) is 18.7. The molecule has 0 amide bonds. The predicted molar refractivity (Wildman–Crippen MR) is 136 cm³/mol. The second-order valence-corrected chi connectivity index (χ2v) is 10.5. The molecule has 2 fully saturated rings. The van der Waals surface area contributed by atoms with Gasteiger partial charge in [-0.3, -0.25) is 4.90 Å². The lowest BCUT2D eigenvalue weighted by Crippen LogP contribution is -2.32. The van der Waals surface area contributed by atoms with Gasteiger partial charge in [0.1, 0.15) is 0 Å². The molecule has 0 bridgehead atoms. The number of fused-ring (bicyclic) bond motifs is 1. The van der Waals surface area contributed by atoms with Crippen molar-refractivity contribution in [2.24, 2.45) is 5.92 Å². The van der Waals surface area contributed by atoms with Crippen LogP contribution in [-0.2, 0) is 13.1 Å². The van der Waals surface area contributed by atoms with Crippen molar-refractivity contribution >= 4 is 32.8 Å². The molecule has 2 saturated heterocycles. The molecule has 2 N–H and O–H groups in total. The molecule has 2 aromatic carbocycles. The van der Waals surface area contributed by atoms with Gasteiger partial charge in [-0.15, -0.1) is 0 Å². The van der Waals surface area contributed by atoms with Crippen LogP contribution >= 0.6 is 15.9 Å². The average molecular weight is 510 g/mol. The zero-order valence-electron chi connectivity index (χ0n) is 19.0. The molecule has 0 unspecified atom stereocenters. The average Bonchev–Trinajstić information content (AvgIpc) is 3.20. The van der Waals surface area contributed by atoms with Crippen molar-refractivity contribution in [1.29, 1.82) is 0 Å². The highest BCUT2D eigenvalue weighted by atomic mass is 79.9. The Balaban J connectivity index is 1.29. The molecule has 174 valence electrons. The summed E-state index contributed by atoms with van der Waals surface area (Å²) in [6, 6.07) is 14.2. The molecular formula is C27H32BrN3O2. The van der Waals surface area contributed by atoms with E-state index in [1.807, 2.05) is 6.07 Å². The number of nitrogens with zero attached hydrogens (tertiary/aromatic N) is 2. The van der Waals surface area contributed by atoms with Gasteiger partial charge in [0.05, 0.1) is 5.56 Å². The van der Waals surface area contributed by atoms with Gasteiger partial charge in [0.2, 0.25) is 0 Å². The molecular weight excluding hydrogens is 478 g/mol. The zero-order chi connectivity index (χ0) is 22.8. The van der Waals surface area contributed by atoms with Crippen LogP contribution in [0.3, 0.4) is 0 Å². The van der Waals surface area contributed by atoms with E-state index in [-0.39, 0.29) is 0 Å². The largest absolute Gasteiger partial charge is 0.478 e. The summed E-state index contributed by atoms with van der Waals surface area (Å²) in [5, 5.41) is 14.2. The van der Waals surface area contributed by atoms with Crippen molar-refractivity contribution in [3.8, 4) is 0 Å². The predicted octanol–water partition coefficient (Wildman–Crippen LogP) is 5.48. The Morgan fingerprint density at radius 3 is 2.58 bits per heavy atom. The number of halogens is 1. The van der Waals surface area contributed by atoms with E-state index in [4.69, 9.17) is 0 Å². The van der Waals surface area contributed by atoms with Crippen LogP contribution < -0.4 is 5.32 Å². The van der Waals surface area contributed by atoms with E-state index in [9.17, 15) is 9.90 Å². The van der Waals surface area contributed by atoms with E-state index >= 15 is 0 Å². The number of benzene rings is 2. The smallest absolute Gasteiger partial charge is 0.335 e. The van der Waals surface area contributed by atoms with Gasteiger partial charge in [0.25, 0.3) is 0 Å². The number of carboxylic acids is 1. The standard InChI is InChI=1S/C27H32BrN3O2/c28-25-6-5-21(27(32)33)15-22(25)17-30-13-9-20(10-14-30)24-18-31(16-19-7-11-29-12-8-19)26-4-2-1-3-23(24)26/h1-6,15,18-20,29H,7-14,16-17H2,(H,32,33). The molecule has 33 heavy (non-hydrogen) atoms. The number of para-hydroxylation sites is 1. The van der Waals surface area contributed by atoms with Crippen LogP contribution in [0.15, 0.2) is 53.1 Å². The van der Waals surface area contributed by atoms with E-state index in [1.165, 1.54) is 29.3 Å². The molecule has 0 saturated carbocycles. The number of carbonyl (C=O) groups is 1. The third-order valence-corrected chi connectivity index (χ3v) is 8.22. The Kier molecular flexibility index (Phi) is 6.86. The van der Waals surface area contributed by atoms with Gasteiger partial charge in [-0.05, 0) is 99.1 Å². The Labute approximate surface area is 203 Å². The summed E-state index contributed by atoms with van der Waals surface area (Å²) in [7, 11) is 0. The molecule has 3 aromatic rings. The third-order valence-electron chi connectivity index (χ3n) is 7.45. The number of piperidine rings is 2. The van der Waals surface area contributed by atoms with Crippen LogP contribution in [0, 0.1) is 5.92 Å². The summed E-state index contributed by atoms with van der Waals surface area (Å²) in [6.07, 6.45) is 7.24. The van der Waals surface area contributed by atoms with E-state index in [0.717, 1.165) is 68.1 Å². The number of aromatic carboxylic acids is 1. The monoisotopic (exact) mass is 509 g/mol. The lowest BCUT2D eigenvalue weighted by atomic mass is 9.89. The van der Waals surface area contributed by atoms with Crippen molar-refractivity contribution < 1.29 is 9.90 Å². The molecule has 0 aliphatic carbocycles. The van der Waals surface area contributed by atoms with Crippen LogP contribution in [0.25, 0.3) is 10.9 Å². The van der Waals surface area contributed by atoms with Crippen LogP contribution in [-0.4, -0.2) is 46.7 Å². The summed E-state index contributed by atoms with van der Waals surface area (Å²) < 4.78 is 3.50. The quantitative estimate of drug-likeness (QED) is 0.461. The molecule has 2 aliphatic rings. The molecule has 0 atom stereocenters. The maximum Gasteiger partial charge on any atom is 0.335 e. The highest BCUT2D eigenvalue weighted by Gasteiger charge is 2.25. The fourth-order valence-electron chi connectivity index (χ4n) is 5.57. The van der Waals surface area contributed by atoms with Gasteiger partial charge in [-0.25, -0.2) is 4.79 Å². The molecule has 0 radical (unpaired) electrons. The van der Waals surface area contributed by atoms with Crippen molar-refractivity contribution in [3.05, 3.63) is 69.8 Å². The minimum atomic E-state index is -0.872. The second kappa shape index (κ2) is 10.00. The topological polar surface area (TPSA) is 57.5 Å². The number of nitrogens with one attached hydrogen (secondary N) is 1. The lowest BCUT2D eigenvalue weighted by molar-refractivity contribution is 0.0696. The van der Waals surface area contributed by atoms with Gasteiger partial charge in [-0.2, -0.15) is 0 Å². The van der Waals surface area contributed by atoms with Crippen LogP contribution in [0.1, 0.15) is 53.1 Å². The van der Waals surface area contributed by atoms with Gasteiger partial charge in [-0.1, -0.05) is 34.1 Å². The number of rotatable bonds is 6. The minimum absolute atomic E-state index is 0.352. The highest BCUT2D eigenvalue weighted by molar-refractivity contribution is 9.10. The van der Waals surface area contributed by atoms with E-state index in [1.54, 1.807) is 12.1 Å². The molecule has 5 nitrogen and oxygen atoms in total. The summed E-state index contributed by atoms with van der Waals surface area (Å²) in [5.41, 5.74) is 4.28. The Hall–Kier alpha value is -2.15. The zero-order valence-corrected chi connectivity index (χ0v) is 20.6. The summed E-state index contributed by atoms with van der Waals surface area (Å²) >= 11 is 3.60. The summed E-state index contributed by atoms with van der Waals surface area (Å²) in [5.74, 6) is 0.467. The summed E-state index contributed by atoms with van der Waals surface area (Å²) in [6.45, 7) is 6.24. The molecule has 6 heteroatoms. The first kappa shape index (κ1) is 22.6. The first-order valence-electron chi connectivity index (χ1n) is 12.1. The van der Waals surface area contributed by atoms with E-state index < -0.39 is 5.97 Å². The van der Waals surface area contributed by atoms with E-state index in [0.29, 0.717) is 11.5 Å². The molecule has 5 rings (SSSR count). The Morgan fingerprint density at radius 2 is 1.82 bits per heavy atom. The van der Waals surface area contributed by atoms with Gasteiger partial charge in [0.15, 0.2) is 0 Å². The molecule has 3 heterocycles. The van der Waals surface area contributed by atoms with E-state index in [2.05, 4.69) is 61.2 Å². The van der Waals surface area contributed by atoms with Gasteiger partial charge >= 0.3 is 5.97 Å². The van der Waals surface area contributed by atoms with Crippen LogP contribution in [0.4, 0.5) is 0 Å². The lowest BCUT2D eigenvalue weighted by Gasteiger charge is -2.32. The van der Waals surface area contributed by atoms with Crippen LogP contribution in [0.5, 0.6) is 0 Å². The maximum atomic E-state index is 11.4. The summed E-state index contributed by atoms with van der Waals surface area (Å²) in [4.78, 5) is 13.8. The van der Waals surface area contributed by atoms with Crippen molar-refractivity contribution in [2.45, 2.75) is 44.7 Å². The van der Waals surface area contributed by atoms with Crippen LogP contribution in [0.2, 0.25) is 0 Å². The number of hydrogen-bond donors (Lipinski definition) is 2. The van der Waals surface area contributed by atoms with Gasteiger partial charge in [0, 0.05) is 34.7 Å². The van der Waals surface area contributed by atoms with Gasteiger partial charge < -0.3 is 15.0 Å². The first-order chi connectivity index (χ1) is 16.1. The van der Waals surface area contributed by atoms with Crippen molar-refractivity contribution in [3.63, 3.8) is 0 Å². The number of aromatic nitrogens is 1. The number of hydrogen-bond acceptors (Lipinski definition) is 3. The molecule has 1 aromatic heterocycles. The van der Waals surface area contributed by atoms with Crippen molar-refractivity contribution in [2.75, 3.05) is 26.2 Å². The first-order valence-corrected chi connectivity index (χ1v) is 12.9. The number of likely N-dealkylation sites (tertiary alicyclic amines) is 1. The third kappa shape index (κ3) is 5.03. The Bertz CT molecular complexity index is 1130. The maximum absolute atomic E-state index is 11.4. The fraction of sp³-hybridized carbons (Fsp3) is 0.444. The highest BCUT2D eigenvalue weighted by Crippen LogP contribution is 2.36. The Morgan fingerprint density at radius 1 is 1.06 bits per heavy atom. The van der Waals surface area contributed by atoms with Crippen molar-refractivity contribution in [1.82, 2.24) is 14.8 Å². The molecule has 2 aliphatic heterocycles. The SMILES string of the molecule is O=C(O)c1ccc(Br)c(CN2CCC(c3cn(CC4CCNCC4)c4ccccc34)CC2)c1. The number of carboxylic acid groups (broad SMARTS) is 1. The second-order valence-electron chi connectivity index (χ2n) is 9.61. The fourth-order valence-corrected chi connectivity index (χ4v) is 5.94. The molecule has 0 spiro atoms.